The van der Waals surface area contributed by atoms with E-state index in [4.69, 9.17) is 16.3 Å². The third-order valence-corrected chi connectivity index (χ3v) is 4.07. The first-order valence-corrected chi connectivity index (χ1v) is 7.33. The summed E-state index contributed by atoms with van der Waals surface area (Å²) in [6.07, 6.45) is 7.02. The third-order valence-electron chi connectivity index (χ3n) is 3.82. The molecule has 2 aliphatic rings. The van der Waals surface area contributed by atoms with Crippen LogP contribution in [-0.2, 0) is 4.74 Å². The van der Waals surface area contributed by atoms with Gasteiger partial charge < -0.3 is 10.1 Å². The minimum absolute atomic E-state index is 0.174. The second-order valence-corrected chi connectivity index (χ2v) is 5.85. The Kier molecular flexibility index (Phi) is 3.88. The Hall–Kier alpha value is -0.570. The van der Waals surface area contributed by atoms with E-state index in [1.807, 2.05) is 12.1 Å². The van der Waals surface area contributed by atoms with E-state index in [0.29, 0.717) is 6.10 Å². The molecule has 0 aromatic heterocycles. The van der Waals surface area contributed by atoms with Crippen LogP contribution in [0.3, 0.4) is 0 Å². The van der Waals surface area contributed by atoms with Gasteiger partial charge in [0.05, 0.1) is 12.2 Å². The van der Waals surface area contributed by atoms with Crippen LogP contribution in [0.1, 0.15) is 43.8 Å². The fourth-order valence-corrected chi connectivity index (χ4v) is 2.35. The molecule has 2 nitrogen and oxygen atoms in total. The third kappa shape index (κ3) is 3.25. The van der Waals surface area contributed by atoms with Gasteiger partial charge in [-0.25, -0.2) is 0 Å². The molecule has 1 unspecified atom stereocenters. The molecule has 18 heavy (non-hydrogen) atoms. The SMILES string of the molecule is Clc1ccc(C(CNC2CC2)OC2CCC2)cc1. The van der Waals surface area contributed by atoms with E-state index >= 15 is 0 Å². The van der Waals surface area contributed by atoms with Crippen LogP contribution >= 0.6 is 11.6 Å². The number of halogens is 1. The maximum absolute atomic E-state index is 6.18. The van der Waals surface area contributed by atoms with Crippen LogP contribution < -0.4 is 5.32 Å². The van der Waals surface area contributed by atoms with Gasteiger partial charge in [0.2, 0.25) is 0 Å². The molecule has 2 saturated carbocycles. The quantitative estimate of drug-likeness (QED) is 0.847. The first-order chi connectivity index (χ1) is 8.81. The van der Waals surface area contributed by atoms with E-state index in [9.17, 15) is 0 Å². The predicted molar refractivity (Wildman–Crippen MR) is 73.9 cm³/mol. The maximum Gasteiger partial charge on any atom is 0.0953 e. The van der Waals surface area contributed by atoms with Crippen molar-refractivity contribution in [3.05, 3.63) is 34.9 Å². The van der Waals surface area contributed by atoms with Gasteiger partial charge in [-0.2, -0.15) is 0 Å². The summed E-state index contributed by atoms with van der Waals surface area (Å²) in [6.45, 7) is 0.919. The van der Waals surface area contributed by atoms with Crippen molar-refractivity contribution >= 4 is 11.6 Å². The van der Waals surface area contributed by atoms with E-state index < -0.39 is 0 Å². The molecule has 98 valence electrons. The van der Waals surface area contributed by atoms with Crippen molar-refractivity contribution in [3.8, 4) is 0 Å². The van der Waals surface area contributed by atoms with E-state index in [2.05, 4.69) is 17.4 Å². The molecule has 0 aliphatic heterocycles. The summed E-state index contributed by atoms with van der Waals surface area (Å²) < 4.78 is 6.18. The normalized spacial score (nSPS) is 21.6. The van der Waals surface area contributed by atoms with Gasteiger partial charge in [-0.3, -0.25) is 0 Å². The molecule has 0 radical (unpaired) electrons. The molecule has 0 bridgehead atoms. The number of hydrogen-bond donors (Lipinski definition) is 1. The number of nitrogens with one attached hydrogen (secondary N) is 1. The second kappa shape index (κ2) is 5.60. The molecular weight excluding hydrogens is 246 g/mol. The summed E-state index contributed by atoms with van der Waals surface area (Å²) in [5, 5.41) is 4.35. The van der Waals surface area contributed by atoms with Crippen LogP contribution in [0.5, 0.6) is 0 Å². The van der Waals surface area contributed by atoms with Crippen LogP contribution in [0.2, 0.25) is 5.02 Å². The Balaban J connectivity index is 1.63. The standard InChI is InChI=1S/C15H20ClNO/c16-12-6-4-11(5-7-12)15(10-17-13-8-9-13)18-14-2-1-3-14/h4-7,13-15,17H,1-3,8-10H2. The summed E-state index contributed by atoms with van der Waals surface area (Å²) in [7, 11) is 0. The lowest BCUT2D eigenvalue weighted by molar-refractivity contribution is -0.0520. The largest absolute Gasteiger partial charge is 0.369 e. The highest BCUT2D eigenvalue weighted by molar-refractivity contribution is 6.30. The first-order valence-electron chi connectivity index (χ1n) is 6.95. The van der Waals surface area contributed by atoms with E-state index in [0.717, 1.165) is 17.6 Å². The molecule has 0 amide bonds. The van der Waals surface area contributed by atoms with E-state index in [1.54, 1.807) is 0 Å². The van der Waals surface area contributed by atoms with Crippen LogP contribution in [0.15, 0.2) is 24.3 Å². The van der Waals surface area contributed by atoms with Crippen molar-refractivity contribution < 1.29 is 4.74 Å². The van der Waals surface area contributed by atoms with Crippen LogP contribution in [0.4, 0.5) is 0 Å². The van der Waals surface area contributed by atoms with Crippen LogP contribution in [-0.4, -0.2) is 18.7 Å². The summed E-state index contributed by atoms with van der Waals surface area (Å²) >= 11 is 5.94. The van der Waals surface area contributed by atoms with Gasteiger partial charge in [-0.1, -0.05) is 23.7 Å². The molecule has 2 aliphatic carbocycles. The van der Waals surface area contributed by atoms with Crippen molar-refractivity contribution in [3.63, 3.8) is 0 Å². The second-order valence-electron chi connectivity index (χ2n) is 5.41. The monoisotopic (exact) mass is 265 g/mol. The lowest BCUT2D eigenvalue weighted by Gasteiger charge is -2.31. The van der Waals surface area contributed by atoms with Crippen molar-refractivity contribution in [2.75, 3.05) is 6.54 Å². The Bertz CT molecular complexity index is 384. The average molecular weight is 266 g/mol. The highest BCUT2D eigenvalue weighted by Crippen LogP contribution is 2.30. The molecule has 1 aromatic rings. The van der Waals surface area contributed by atoms with Crippen LogP contribution in [0.25, 0.3) is 0 Å². The van der Waals surface area contributed by atoms with Gasteiger partial charge >= 0.3 is 0 Å². The number of benzene rings is 1. The zero-order valence-corrected chi connectivity index (χ0v) is 11.3. The molecular formula is C15H20ClNO. The lowest BCUT2D eigenvalue weighted by atomic mass is 9.95. The van der Waals surface area contributed by atoms with Crippen molar-refractivity contribution in [1.29, 1.82) is 0 Å². The number of rotatable bonds is 6. The summed E-state index contributed by atoms with van der Waals surface area (Å²) in [6, 6.07) is 8.79. The van der Waals surface area contributed by atoms with Gasteiger partial charge in [0.25, 0.3) is 0 Å². The fraction of sp³-hybridized carbons (Fsp3) is 0.600. The zero-order chi connectivity index (χ0) is 12.4. The summed E-state index contributed by atoms with van der Waals surface area (Å²) in [5.74, 6) is 0. The minimum atomic E-state index is 0.174. The molecule has 0 heterocycles. The van der Waals surface area contributed by atoms with Gasteiger partial charge in [-0.15, -0.1) is 0 Å². The molecule has 3 heteroatoms. The van der Waals surface area contributed by atoms with E-state index in [-0.39, 0.29) is 6.10 Å². The number of hydrogen-bond acceptors (Lipinski definition) is 2. The van der Waals surface area contributed by atoms with Crippen LogP contribution in [0, 0.1) is 0 Å². The molecule has 3 rings (SSSR count). The topological polar surface area (TPSA) is 21.3 Å². The van der Waals surface area contributed by atoms with Gasteiger partial charge in [0, 0.05) is 17.6 Å². The van der Waals surface area contributed by atoms with Gasteiger partial charge in [0.1, 0.15) is 0 Å². The zero-order valence-electron chi connectivity index (χ0n) is 10.6. The average Bonchev–Trinajstić information content (AvgIpc) is 3.12. The predicted octanol–water partition coefficient (Wildman–Crippen LogP) is 3.70. The van der Waals surface area contributed by atoms with Crippen molar-refractivity contribution in [2.24, 2.45) is 0 Å². The highest BCUT2D eigenvalue weighted by atomic mass is 35.5. The minimum Gasteiger partial charge on any atom is -0.369 e. The Morgan fingerprint density at radius 2 is 1.89 bits per heavy atom. The molecule has 1 aromatic carbocycles. The van der Waals surface area contributed by atoms with Crippen molar-refractivity contribution in [1.82, 2.24) is 5.32 Å². The molecule has 1 N–H and O–H groups in total. The van der Waals surface area contributed by atoms with E-state index in [1.165, 1.54) is 37.7 Å². The summed E-state index contributed by atoms with van der Waals surface area (Å²) in [4.78, 5) is 0. The van der Waals surface area contributed by atoms with Crippen molar-refractivity contribution in [2.45, 2.75) is 50.4 Å². The molecule has 2 fully saturated rings. The fourth-order valence-electron chi connectivity index (χ4n) is 2.22. The molecule has 0 spiro atoms. The molecule has 0 saturated heterocycles. The lowest BCUT2D eigenvalue weighted by Crippen LogP contribution is -2.31. The van der Waals surface area contributed by atoms with Gasteiger partial charge in [0.15, 0.2) is 0 Å². The Labute approximate surface area is 114 Å². The number of ether oxygens (including phenoxy) is 1. The Morgan fingerprint density at radius 3 is 2.44 bits per heavy atom. The molecule has 1 atom stereocenters. The van der Waals surface area contributed by atoms with Gasteiger partial charge in [-0.05, 0) is 49.8 Å². The highest BCUT2D eigenvalue weighted by Gasteiger charge is 2.26. The smallest absolute Gasteiger partial charge is 0.0953 e. The summed E-state index contributed by atoms with van der Waals surface area (Å²) in [5.41, 5.74) is 1.24. The maximum atomic E-state index is 6.18. The first kappa shape index (κ1) is 12.5. The Morgan fingerprint density at radius 1 is 1.17 bits per heavy atom.